The molecule has 0 aromatic rings. The lowest BCUT2D eigenvalue weighted by atomic mass is 10.0. The van der Waals surface area contributed by atoms with E-state index >= 15 is 0 Å². The summed E-state index contributed by atoms with van der Waals surface area (Å²) in [5, 5.41) is 47.8. The van der Waals surface area contributed by atoms with Crippen molar-refractivity contribution in [1.82, 2.24) is 5.32 Å². The van der Waals surface area contributed by atoms with Crippen molar-refractivity contribution in [1.29, 1.82) is 0 Å². The molecule has 5 N–H and O–H groups in total. The zero-order valence-corrected chi connectivity index (χ0v) is 8.37. The topological polar surface area (TPSA) is 150 Å². The summed E-state index contributed by atoms with van der Waals surface area (Å²) in [6.07, 6.45) is -5.35. The summed E-state index contributed by atoms with van der Waals surface area (Å²) < 4.78 is 0. The van der Waals surface area contributed by atoms with Crippen molar-refractivity contribution < 1.29 is 35.1 Å². The molecule has 0 saturated carbocycles. The Morgan fingerprint density at radius 3 is 2.19 bits per heavy atom. The fraction of sp³-hybridized carbons (Fsp3) is 0.750. The number of Topliss-reactive ketones (excluding diaryl/α,β-unsaturated/α-hetero) is 1. The maximum atomic E-state index is 11.1. The average Bonchev–Trinajstić information content (AvgIpc) is 2.25. The van der Waals surface area contributed by atoms with Crippen molar-refractivity contribution in [3.63, 3.8) is 0 Å². The summed E-state index contributed by atoms with van der Waals surface area (Å²) in [4.78, 5) is 21.1. The summed E-state index contributed by atoms with van der Waals surface area (Å²) in [6, 6.07) is 0. The lowest BCUT2D eigenvalue weighted by molar-refractivity contribution is -0.304. The minimum Gasteiger partial charge on any atom is -0.549 e. The molecule has 0 aliphatic rings. The van der Waals surface area contributed by atoms with Gasteiger partial charge in [0, 0.05) is 6.54 Å². The van der Waals surface area contributed by atoms with E-state index in [-0.39, 0.29) is 0 Å². The lowest BCUT2D eigenvalue weighted by Gasteiger charge is -2.20. The number of carboxylic acid groups (broad SMARTS) is 1. The predicted octanol–water partition coefficient (Wildman–Crippen LogP) is -5.03. The zero-order valence-electron chi connectivity index (χ0n) is 8.37. The van der Waals surface area contributed by atoms with Gasteiger partial charge in [0.25, 0.3) is 0 Å². The first kappa shape index (κ1) is 14.9. The maximum Gasteiger partial charge on any atom is 0.177 e. The summed E-state index contributed by atoms with van der Waals surface area (Å²) >= 11 is 0. The first-order chi connectivity index (χ1) is 7.40. The molecule has 0 aliphatic heterocycles. The molecule has 0 aliphatic carbocycles. The molecule has 0 heterocycles. The number of carboxylic acids is 1. The van der Waals surface area contributed by atoms with E-state index in [1.165, 1.54) is 0 Å². The molecular formula is C8H14NO7-. The van der Waals surface area contributed by atoms with E-state index in [1.54, 1.807) is 0 Å². The van der Waals surface area contributed by atoms with E-state index in [0.29, 0.717) is 0 Å². The fourth-order valence-electron chi connectivity index (χ4n) is 0.901. The molecule has 0 aromatic heterocycles. The van der Waals surface area contributed by atoms with Crippen LogP contribution in [0.3, 0.4) is 0 Å². The van der Waals surface area contributed by atoms with Crippen LogP contribution < -0.4 is 10.4 Å². The van der Waals surface area contributed by atoms with Crippen molar-refractivity contribution in [3.05, 3.63) is 0 Å². The molecule has 0 spiro atoms. The molecule has 16 heavy (non-hydrogen) atoms. The van der Waals surface area contributed by atoms with Gasteiger partial charge in [0.1, 0.15) is 18.3 Å². The minimum absolute atomic E-state index is 0.496. The highest BCUT2D eigenvalue weighted by atomic mass is 16.4. The second-order valence-corrected chi connectivity index (χ2v) is 3.13. The van der Waals surface area contributed by atoms with E-state index in [2.05, 4.69) is 5.32 Å². The van der Waals surface area contributed by atoms with E-state index in [4.69, 9.17) is 15.3 Å². The van der Waals surface area contributed by atoms with Crippen LogP contribution in [-0.4, -0.2) is 70.2 Å². The maximum absolute atomic E-state index is 11.1. The number of ketones is 1. The summed E-state index contributed by atoms with van der Waals surface area (Å²) in [5.74, 6) is -2.32. The Morgan fingerprint density at radius 2 is 1.75 bits per heavy atom. The van der Waals surface area contributed by atoms with E-state index in [1.807, 2.05) is 0 Å². The van der Waals surface area contributed by atoms with Gasteiger partial charge in [-0.3, -0.25) is 4.79 Å². The van der Waals surface area contributed by atoms with E-state index in [9.17, 15) is 19.8 Å². The van der Waals surface area contributed by atoms with Crippen molar-refractivity contribution in [2.45, 2.75) is 18.3 Å². The van der Waals surface area contributed by atoms with Gasteiger partial charge in [-0.15, -0.1) is 0 Å². The number of aliphatic hydroxyl groups is 4. The van der Waals surface area contributed by atoms with Crippen molar-refractivity contribution in [2.24, 2.45) is 0 Å². The van der Waals surface area contributed by atoms with Crippen LogP contribution >= 0.6 is 0 Å². The Labute approximate surface area is 91.1 Å². The van der Waals surface area contributed by atoms with Crippen LogP contribution in [-0.2, 0) is 9.59 Å². The number of nitrogens with one attached hydrogen (secondary N) is 1. The Morgan fingerprint density at radius 1 is 1.19 bits per heavy atom. The van der Waals surface area contributed by atoms with Gasteiger partial charge in [0.05, 0.1) is 19.1 Å². The van der Waals surface area contributed by atoms with Crippen LogP contribution in [0.4, 0.5) is 0 Å². The number of rotatable bonds is 8. The highest BCUT2D eigenvalue weighted by molar-refractivity contribution is 5.85. The third-order valence-electron chi connectivity index (χ3n) is 1.80. The first-order valence-electron chi connectivity index (χ1n) is 4.48. The quantitative estimate of drug-likeness (QED) is 0.281. The fourth-order valence-corrected chi connectivity index (χ4v) is 0.901. The van der Waals surface area contributed by atoms with Crippen molar-refractivity contribution in [2.75, 3.05) is 19.7 Å². The summed E-state index contributed by atoms with van der Waals surface area (Å²) in [5.41, 5.74) is 0. The third kappa shape index (κ3) is 5.14. The predicted molar refractivity (Wildman–Crippen MR) is 48.0 cm³/mol. The molecule has 0 radical (unpaired) electrons. The number of carbonyl (C=O) groups is 2. The number of carbonyl (C=O) groups excluding carboxylic acids is 2. The van der Waals surface area contributed by atoms with Gasteiger partial charge in [0.2, 0.25) is 0 Å². The Kier molecular flexibility index (Phi) is 6.77. The number of aliphatic carboxylic acids is 1. The van der Waals surface area contributed by atoms with Crippen LogP contribution in [0.5, 0.6) is 0 Å². The molecule has 8 nitrogen and oxygen atoms in total. The molecule has 3 atom stereocenters. The second kappa shape index (κ2) is 7.25. The Hall–Kier alpha value is -1.06. The zero-order chi connectivity index (χ0) is 12.7. The molecular weight excluding hydrogens is 222 g/mol. The highest BCUT2D eigenvalue weighted by Crippen LogP contribution is 2.00. The molecule has 0 bridgehead atoms. The molecule has 0 saturated heterocycles. The number of hydrogen-bond acceptors (Lipinski definition) is 8. The molecule has 0 aromatic carbocycles. The minimum atomic E-state index is -1.89. The SMILES string of the molecule is O=C([O-])CNCC(=O)[C@@H](O)[C@H](O)[C@H](O)CO. The van der Waals surface area contributed by atoms with Crippen LogP contribution in [0.25, 0.3) is 0 Å². The number of aliphatic hydroxyl groups excluding tert-OH is 4. The van der Waals surface area contributed by atoms with Gasteiger partial charge in [-0.05, 0) is 0 Å². The van der Waals surface area contributed by atoms with Gasteiger partial charge in [-0.25, -0.2) is 0 Å². The molecule has 0 amide bonds. The highest BCUT2D eigenvalue weighted by Gasteiger charge is 2.29. The van der Waals surface area contributed by atoms with Gasteiger partial charge >= 0.3 is 0 Å². The van der Waals surface area contributed by atoms with Gasteiger partial charge in [-0.2, -0.15) is 0 Å². The average molecular weight is 236 g/mol. The standard InChI is InChI=1S/C8H15NO7/c10-3-5(12)8(16)7(15)4(11)1-9-2-6(13)14/h5,7-10,12,15-16H,1-3H2,(H,13,14)/p-1/t5-,7-,8-/m1/s1. The van der Waals surface area contributed by atoms with Crippen LogP contribution in [0, 0.1) is 0 Å². The van der Waals surface area contributed by atoms with Crippen LogP contribution in [0.15, 0.2) is 0 Å². The smallest absolute Gasteiger partial charge is 0.177 e. The van der Waals surface area contributed by atoms with Gasteiger partial charge in [-0.1, -0.05) is 0 Å². The largest absolute Gasteiger partial charge is 0.549 e. The van der Waals surface area contributed by atoms with Gasteiger partial charge < -0.3 is 35.6 Å². The Bertz CT molecular complexity index is 245. The van der Waals surface area contributed by atoms with Gasteiger partial charge in [0.15, 0.2) is 5.78 Å². The summed E-state index contributed by atoms with van der Waals surface area (Å²) in [6.45, 7) is -1.88. The monoisotopic (exact) mass is 236 g/mol. The van der Waals surface area contributed by atoms with E-state index < -0.39 is 49.8 Å². The number of hydrogen-bond donors (Lipinski definition) is 5. The summed E-state index contributed by atoms with van der Waals surface area (Å²) in [7, 11) is 0. The molecule has 94 valence electrons. The molecule has 8 heteroatoms. The normalized spacial score (nSPS) is 16.5. The second-order valence-electron chi connectivity index (χ2n) is 3.13. The lowest BCUT2D eigenvalue weighted by Crippen LogP contribution is -2.47. The Balaban J connectivity index is 4.02. The van der Waals surface area contributed by atoms with Crippen molar-refractivity contribution >= 4 is 11.8 Å². The van der Waals surface area contributed by atoms with Crippen LogP contribution in [0.2, 0.25) is 0 Å². The van der Waals surface area contributed by atoms with E-state index in [0.717, 1.165) is 0 Å². The van der Waals surface area contributed by atoms with Crippen molar-refractivity contribution in [3.8, 4) is 0 Å². The molecule has 0 fully saturated rings. The first-order valence-corrected chi connectivity index (χ1v) is 4.48. The molecule has 0 unspecified atom stereocenters. The molecule has 0 rings (SSSR count). The van der Waals surface area contributed by atoms with Crippen LogP contribution in [0.1, 0.15) is 0 Å². The third-order valence-corrected chi connectivity index (χ3v) is 1.80.